The quantitative estimate of drug-likeness (QED) is 0.538. The number of likely N-dealkylation sites (tertiary alicyclic amines) is 1. The third-order valence-electron chi connectivity index (χ3n) is 4.55. The van der Waals surface area contributed by atoms with Crippen molar-refractivity contribution in [2.45, 2.75) is 77.7 Å². The number of hydrogen-bond donors (Lipinski definition) is 3. The zero-order valence-electron chi connectivity index (χ0n) is 19.4. The van der Waals surface area contributed by atoms with Crippen LogP contribution in [0.5, 0.6) is 0 Å². The van der Waals surface area contributed by atoms with E-state index in [1.807, 2.05) is 0 Å². The maximum atomic E-state index is 12.9. The lowest BCUT2D eigenvalue weighted by Crippen LogP contribution is -2.61. The minimum atomic E-state index is -1.75. The Kier molecular flexibility index (Phi) is 8.11. The van der Waals surface area contributed by atoms with Gasteiger partial charge in [-0.15, -0.1) is 6.58 Å². The van der Waals surface area contributed by atoms with Crippen LogP contribution in [0.2, 0.25) is 0 Å². The standard InChI is InChI=1S/C21H35N3O7/c1-9-10-14-11-24(15(25)13(2)22-17(28)30-19(3,4)5)12-21(14,16(26)27)23-18(29)31-20(6,7)8/h9,13-14H,1,10-12H2,2-8H3,(H,22,28)(H,23,29)(H,26,27)/t13-,14-,21-/m0/s1. The van der Waals surface area contributed by atoms with Crippen LogP contribution < -0.4 is 10.6 Å². The predicted molar refractivity (Wildman–Crippen MR) is 113 cm³/mol. The van der Waals surface area contributed by atoms with Crippen LogP contribution in [-0.2, 0) is 19.1 Å². The van der Waals surface area contributed by atoms with Crippen LogP contribution in [0.4, 0.5) is 9.59 Å². The average molecular weight is 442 g/mol. The summed E-state index contributed by atoms with van der Waals surface area (Å²) in [5.74, 6) is -2.41. The maximum Gasteiger partial charge on any atom is 0.408 e. The lowest BCUT2D eigenvalue weighted by atomic mass is 9.85. The summed E-state index contributed by atoms with van der Waals surface area (Å²) < 4.78 is 10.4. The van der Waals surface area contributed by atoms with Gasteiger partial charge in [-0.2, -0.15) is 0 Å². The first kappa shape index (κ1) is 26.3. The van der Waals surface area contributed by atoms with E-state index in [2.05, 4.69) is 17.2 Å². The molecule has 0 saturated carbocycles. The number of carboxylic acids is 1. The minimum Gasteiger partial charge on any atom is -0.479 e. The van der Waals surface area contributed by atoms with Gasteiger partial charge in [0.1, 0.15) is 17.2 Å². The Morgan fingerprint density at radius 3 is 2.10 bits per heavy atom. The number of alkyl carbamates (subject to hydrolysis) is 2. The topological polar surface area (TPSA) is 134 Å². The summed E-state index contributed by atoms with van der Waals surface area (Å²) in [7, 11) is 0. The van der Waals surface area contributed by atoms with E-state index in [1.54, 1.807) is 41.5 Å². The molecule has 176 valence electrons. The van der Waals surface area contributed by atoms with E-state index in [4.69, 9.17) is 9.47 Å². The molecule has 0 aliphatic carbocycles. The van der Waals surface area contributed by atoms with Crippen LogP contribution in [0.15, 0.2) is 12.7 Å². The fraction of sp³-hybridized carbons (Fsp3) is 0.714. The molecule has 3 N–H and O–H groups in total. The Morgan fingerprint density at radius 1 is 1.13 bits per heavy atom. The number of carbonyl (C=O) groups excluding carboxylic acids is 3. The van der Waals surface area contributed by atoms with Crippen LogP contribution >= 0.6 is 0 Å². The van der Waals surface area contributed by atoms with Gasteiger partial charge in [-0.1, -0.05) is 6.08 Å². The number of ether oxygens (including phenoxy) is 2. The summed E-state index contributed by atoms with van der Waals surface area (Å²) in [5.41, 5.74) is -3.30. The molecule has 1 rings (SSSR count). The molecule has 1 heterocycles. The van der Waals surface area contributed by atoms with Gasteiger partial charge in [0.25, 0.3) is 0 Å². The first-order chi connectivity index (χ1) is 14.0. The molecule has 1 saturated heterocycles. The predicted octanol–water partition coefficient (Wildman–Crippen LogP) is 2.28. The number of nitrogens with zero attached hydrogens (tertiary/aromatic N) is 1. The van der Waals surface area contributed by atoms with E-state index in [1.165, 1.54) is 17.9 Å². The molecular weight excluding hydrogens is 406 g/mol. The fourth-order valence-corrected chi connectivity index (χ4v) is 3.30. The van der Waals surface area contributed by atoms with Crippen LogP contribution in [0.3, 0.4) is 0 Å². The van der Waals surface area contributed by atoms with Gasteiger partial charge in [-0.25, -0.2) is 14.4 Å². The monoisotopic (exact) mass is 441 g/mol. The molecule has 3 atom stereocenters. The Bertz CT molecular complexity index is 723. The highest BCUT2D eigenvalue weighted by Crippen LogP contribution is 2.32. The molecule has 31 heavy (non-hydrogen) atoms. The second-order valence-electron chi connectivity index (χ2n) is 9.71. The smallest absolute Gasteiger partial charge is 0.408 e. The molecule has 10 heteroatoms. The number of amides is 3. The first-order valence-corrected chi connectivity index (χ1v) is 10.1. The van der Waals surface area contributed by atoms with Crippen molar-refractivity contribution < 1.29 is 33.8 Å². The molecule has 0 radical (unpaired) electrons. The summed E-state index contributed by atoms with van der Waals surface area (Å²) in [6.45, 7) is 15.0. The molecule has 0 bridgehead atoms. The van der Waals surface area contributed by atoms with Crippen molar-refractivity contribution in [1.29, 1.82) is 0 Å². The number of allylic oxidation sites excluding steroid dienone is 1. The largest absolute Gasteiger partial charge is 0.479 e. The molecule has 1 aliphatic heterocycles. The Morgan fingerprint density at radius 2 is 1.65 bits per heavy atom. The molecule has 0 aromatic carbocycles. The zero-order valence-corrected chi connectivity index (χ0v) is 19.4. The van der Waals surface area contributed by atoms with Crippen molar-refractivity contribution in [3.8, 4) is 0 Å². The molecule has 10 nitrogen and oxygen atoms in total. The number of carbonyl (C=O) groups is 4. The average Bonchev–Trinajstić information content (AvgIpc) is 2.90. The van der Waals surface area contributed by atoms with Crippen molar-refractivity contribution in [3.63, 3.8) is 0 Å². The SMILES string of the molecule is C=CC[C@H]1CN(C(=O)[C@H](C)NC(=O)OC(C)(C)C)C[C@@]1(NC(=O)OC(C)(C)C)C(=O)O. The molecule has 1 aliphatic rings. The van der Waals surface area contributed by atoms with E-state index in [9.17, 15) is 24.3 Å². The molecule has 0 aromatic rings. The summed E-state index contributed by atoms with van der Waals surface area (Å²) in [5, 5.41) is 14.9. The summed E-state index contributed by atoms with van der Waals surface area (Å²) in [6.07, 6.45) is 0.139. The second-order valence-corrected chi connectivity index (χ2v) is 9.71. The Labute approximate surface area is 183 Å². The first-order valence-electron chi connectivity index (χ1n) is 10.1. The highest BCUT2D eigenvalue weighted by Gasteiger charge is 2.55. The lowest BCUT2D eigenvalue weighted by molar-refractivity contribution is -0.146. The van der Waals surface area contributed by atoms with Gasteiger partial charge >= 0.3 is 18.2 Å². The van der Waals surface area contributed by atoms with Gasteiger partial charge in [0, 0.05) is 12.5 Å². The lowest BCUT2D eigenvalue weighted by Gasteiger charge is -2.32. The number of nitrogens with one attached hydrogen (secondary N) is 2. The van der Waals surface area contributed by atoms with Crippen LogP contribution in [-0.4, -0.2) is 69.9 Å². The van der Waals surface area contributed by atoms with Gasteiger partial charge in [-0.3, -0.25) is 4.79 Å². The van der Waals surface area contributed by atoms with Crippen molar-refractivity contribution in [3.05, 3.63) is 12.7 Å². The van der Waals surface area contributed by atoms with Gasteiger partial charge in [0.2, 0.25) is 5.91 Å². The number of hydrogen-bond acceptors (Lipinski definition) is 6. The van der Waals surface area contributed by atoms with Crippen LogP contribution in [0.1, 0.15) is 54.9 Å². The fourth-order valence-electron chi connectivity index (χ4n) is 3.30. The molecule has 0 spiro atoms. The van der Waals surface area contributed by atoms with E-state index < -0.39 is 52.8 Å². The van der Waals surface area contributed by atoms with Crippen LogP contribution in [0.25, 0.3) is 0 Å². The molecule has 3 amide bonds. The third-order valence-corrected chi connectivity index (χ3v) is 4.55. The number of aliphatic carboxylic acids is 1. The van der Waals surface area contributed by atoms with E-state index in [0.717, 1.165) is 0 Å². The van der Waals surface area contributed by atoms with Crippen molar-refractivity contribution in [2.75, 3.05) is 13.1 Å². The number of carboxylic acid groups (broad SMARTS) is 1. The Balaban J connectivity index is 3.04. The van der Waals surface area contributed by atoms with Gasteiger partial charge < -0.3 is 30.1 Å². The van der Waals surface area contributed by atoms with E-state index in [0.29, 0.717) is 0 Å². The van der Waals surface area contributed by atoms with Gasteiger partial charge in [0.15, 0.2) is 5.54 Å². The zero-order chi connectivity index (χ0) is 24.2. The van der Waals surface area contributed by atoms with Crippen LogP contribution in [0, 0.1) is 5.92 Å². The second kappa shape index (κ2) is 9.57. The van der Waals surface area contributed by atoms with E-state index >= 15 is 0 Å². The minimum absolute atomic E-state index is 0.0628. The summed E-state index contributed by atoms with van der Waals surface area (Å²) in [4.78, 5) is 50.8. The van der Waals surface area contributed by atoms with Crippen molar-refractivity contribution >= 4 is 24.1 Å². The summed E-state index contributed by atoms with van der Waals surface area (Å²) in [6, 6.07) is -0.953. The number of rotatable bonds is 6. The maximum absolute atomic E-state index is 12.9. The highest BCUT2D eigenvalue weighted by molar-refractivity contribution is 5.90. The molecule has 0 aromatic heterocycles. The molecule has 1 fully saturated rings. The highest BCUT2D eigenvalue weighted by atomic mass is 16.6. The van der Waals surface area contributed by atoms with Gasteiger partial charge in [-0.05, 0) is 54.9 Å². The third kappa shape index (κ3) is 7.45. The molecule has 0 unspecified atom stereocenters. The van der Waals surface area contributed by atoms with Crippen molar-refractivity contribution in [2.24, 2.45) is 5.92 Å². The van der Waals surface area contributed by atoms with Gasteiger partial charge in [0.05, 0.1) is 6.54 Å². The summed E-state index contributed by atoms with van der Waals surface area (Å²) >= 11 is 0. The Hall–Kier alpha value is -2.78. The van der Waals surface area contributed by atoms with E-state index in [-0.39, 0.29) is 19.5 Å². The normalized spacial score (nSPS) is 22.3. The van der Waals surface area contributed by atoms with Crippen molar-refractivity contribution in [1.82, 2.24) is 15.5 Å². The molecular formula is C21H35N3O7.